The number of nitrogens with zero attached hydrogens (tertiary/aromatic N) is 2. The fourth-order valence-corrected chi connectivity index (χ4v) is 3.98. The van der Waals surface area contributed by atoms with Crippen LogP contribution in [0.5, 0.6) is 0 Å². The SMILES string of the molecule is Cc1ncc(-c2ccc(C(=O)NC3CCC(C)CC3)cc2)nc1C(=O)Nc1ccccc1.[HH].[HH].[HH].[HH]. The molecule has 172 valence electrons. The van der Waals surface area contributed by atoms with Gasteiger partial charge in [0.25, 0.3) is 11.8 Å². The minimum Gasteiger partial charge on any atom is -0.349 e. The molecule has 2 aromatic carbocycles. The number of aromatic nitrogens is 2. The third-order valence-electron chi connectivity index (χ3n) is 6.00. The predicted molar refractivity (Wildman–Crippen MR) is 134 cm³/mol. The van der Waals surface area contributed by atoms with E-state index in [1.54, 1.807) is 25.3 Å². The zero-order valence-electron chi connectivity index (χ0n) is 18.5. The van der Waals surface area contributed by atoms with Crippen LogP contribution in [-0.2, 0) is 0 Å². The van der Waals surface area contributed by atoms with Gasteiger partial charge in [0.15, 0.2) is 0 Å². The first-order valence-corrected chi connectivity index (χ1v) is 11.1. The molecular formula is C26H36N4O2. The van der Waals surface area contributed by atoms with E-state index in [1.165, 1.54) is 0 Å². The first kappa shape index (κ1) is 21.7. The molecule has 4 rings (SSSR count). The van der Waals surface area contributed by atoms with Crippen molar-refractivity contribution in [1.82, 2.24) is 15.3 Å². The van der Waals surface area contributed by atoms with E-state index in [4.69, 9.17) is 0 Å². The van der Waals surface area contributed by atoms with Crippen molar-refractivity contribution in [2.75, 3.05) is 5.32 Å². The Kier molecular flexibility index (Phi) is 6.59. The molecule has 0 atom stereocenters. The maximum atomic E-state index is 12.7. The molecule has 1 aliphatic rings. The van der Waals surface area contributed by atoms with Gasteiger partial charge < -0.3 is 10.6 Å². The second-order valence-corrected chi connectivity index (χ2v) is 8.52. The topological polar surface area (TPSA) is 84.0 Å². The molecule has 0 radical (unpaired) electrons. The first-order valence-electron chi connectivity index (χ1n) is 11.1. The summed E-state index contributed by atoms with van der Waals surface area (Å²) in [4.78, 5) is 34.2. The van der Waals surface area contributed by atoms with Crippen molar-refractivity contribution >= 4 is 17.5 Å². The van der Waals surface area contributed by atoms with E-state index in [9.17, 15) is 9.59 Å². The quantitative estimate of drug-likeness (QED) is 0.514. The number of rotatable bonds is 5. The second-order valence-electron chi connectivity index (χ2n) is 8.52. The number of amides is 2. The number of anilines is 1. The monoisotopic (exact) mass is 436 g/mol. The van der Waals surface area contributed by atoms with Gasteiger partial charge in [-0.3, -0.25) is 14.6 Å². The molecule has 3 aromatic rings. The number of carbonyl (C=O) groups is 2. The highest BCUT2D eigenvalue weighted by atomic mass is 16.2. The third-order valence-corrected chi connectivity index (χ3v) is 6.00. The normalized spacial score (nSPS) is 18.1. The standard InChI is InChI=1S/C26H28N4O2.4H2/c1-17-8-14-22(15-9-17)28-25(31)20-12-10-19(11-13-20)23-16-27-18(2)24(30-23)26(32)29-21-6-4-3-5-7-21;;;;/h3-7,10-13,16-17,22H,8-9,14-15H2,1-2H3,(H,28,31)(H,29,32);4*1H. The smallest absolute Gasteiger partial charge is 0.276 e. The lowest BCUT2D eigenvalue weighted by molar-refractivity contribution is 0.0922. The molecule has 1 heterocycles. The van der Waals surface area contributed by atoms with E-state index < -0.39 is 0 Å². The maximum Gasteiger partial charge on any atom is 0.276 e. The molecule has 1 aliphatic carbocycles. The van der Waals surface area contributed by atoms with Crippen molar-refractivity contribution in [2.24, 2.45) is 5.92 Å². The Morgan fingerprint density at radius 2 is 1.62 bits per heavy atom. The molecule has 1 aromatic heterocycles. The Morgan fingerprint density at radius 1 is 0.938 bits per heavy atom. The summed E-state index contributed by atoms with van der Waals surface area (Å²) in [5, 5.41) is 6.00. The van der Waals surface area contributed by atoms with Gasteiger partial charge in [0, 0.05) is 28.6 Å². The summed E-state index contributed by atoms with van der Waals surface area (Å²) in [6.07, 6.45) is 6.05. The number of hydrogen-bond acceptors (Lipinski definition) is 4. The number of carbonyl (C=O) groups excluding carboxylic acids is 2. The van der Waals surface area contributed by atoms with Gasteiger partial charge in [-0.2, -0.15) is 0 Å². The summed E-state index contributed by atoms with van der Waals surface area (Å²) in [6.45, 7) is 4.03. The zero-order chi connectivity index (χ0) is 22.5. The Bertz CT molecular complexity index is 1110. The van der Waals surface area contributed by atoms with Crippen molar-refractivity contribution in [3.05, 3.63) is 77.7 Å². The summed E-state index contributed by atoms with van der Waals surface area (Å²) in [6, 6.07) is 16.8. The first-order chi connectivity index (χ1) is 15.5. The Hall–Kier alpha value is -3.54. The van der Waals surface area contributed by atoms with Crippen molar-refractivity contribution in [2.45, 2.75) is 45.6 Å². The summed E-state index contributed by atoms with van der Waals surface area (Å²) >= 11 is 0. The molecule has 6 heteroatoms. The van der Waals surface area contributed by atoms with Crippen LogP contribution in [0.1, 0.15) is 64.9 Å². The molecular weight excluding hydrogens is 400 g/mol. The van der Waals surface area contributed by atoms with Gasteiger partial charge in [-0.15, -0.1) is 0 Å². The van der Waals surface area contributed by atoms with Crippen LogP contribution < -0.4 is 10.6 Å². The van der Waals surface area contributed by atoms with E-state index in [2.05, 4.69) is 27.5 Å². The lowest BCUT2D eigenvalue weighted by Crippen LogP contribution is -2.37. The van der Waals surface area contributed by atoms with E-state index in [-0.39, 0.29) is 29.3 Å². The molecule has 6 nitrogen and oxygen atoms in total. The fraction of sp³-hybridized carbons (Fsp3) is 0.308. The molecule has 2 N–H and O–H groups in total. The summed E-state index contributed by atoms with van der Waals surface area (Å²) < 4.78 is 0. The summed E-state index contributed by atoms with van der Waals surface area (Å²) in [5.74, 6) is 0.396. The summed E-state index contributed by atoms with van der Waals surface area (Å²) in [7, 11) is 0. The van der Waals surface area contributed by atoms with Gasteiger partial charge in [0.05, 0.1) is 17.6 Å². The van der Waals surface area contributed by atoms with Crippen LogP contribution in [-0.4, -0.2) is 27.8 Å². The van der Waals surface area contributed by atoms with Crippen molar-refractivity contribution in [3.8, 4) is 11.3 Å². The van der Waals surface area contributed by atoms with E-state index in [0.29, 0.717) is 22.6 Å². The van der Waals surface area contributed by atoms with Crippen molar-refractivity contribution in [1.29, 1.82) is 0 Å². The van der Waals surface area contributed by atoms with Gasteiger partial charge in [-0.05, 0) is 62.8 Å². The Labute approximate surface area is 194 Å². The minimum absolute atomic E-state index is 0. The average Bonchev–Trinajstić information content (AvgIpc) is 2.81. The highest BCUT2D eigenvalue weighted by Gasteiger charge is 2.20. The predicted octanol–water partition coefficient (Wildman–Crippen LogP) is 6.00. The van der Waals surface area contributed by atoms with Crippen LogP contribution in [0, 0.1) is 12.8 Å². The highest BCUT2D eigenvalue weighted by Crippen LogP contribution is 2.24. The molecule has 0 unspecified atom stereocenters. The third kappa shape index (κ3) is 5.19. The highest BCUT2D eigenvalue weighted by molar-refractivity contribution is 6.03. The second kappa shape index (κ2) is 9.73. The van der Waals surface area contributed by atoms with E-state index >= 15 is 0 Å². The van der Waals surface area contributed by atoms with Gasteiger partial charge in [-0.25, -0.2) is 4.98 Å². The zero-order valence-corrected chi connectivity index (χ0v) is 18.5. The van der Waals surface area contributed by atoms with Crippen molar-refractivity contribution < 1.29 is 15.3 Å². The van der Waals surface area contributed by atoms with Gasteiger partial charge >= 0.3 is 0 Å². The summed E-state index contributed by atoms with van der Waals surface area (Å²) in [5.41, 5.74) is 3.54. The lowest BCUT2D eigenvalue weighted by Gasteiger charge is -2.26. The number of benzene rings is 2. The Morgan fingerprint density at radius 3 is 2.31 bits per heavy atom. The maximum absolute atomic E-state index is 12.7. The van der Waals surface area contributed by atoms with E-state index in [0.717, 1.165) is 37.2 Å². The molecule has 0 spiro atoms. The molecule has 0 aliphatic heterocycles. The average molecular weight is 437 g/mol. The van der Waals surface area contributed by atoms with Crippen LogP contribution in [0.25, 0.3) is 11.3 Å². The fourth-order valence-electron chi connectivity index (χ4n) is 3.98. The number of nitrogens with one attached hydrogen (secondary N) is 2. The van der Waals surface area contributed by atoms with Crippen LogP contribution >= 0.6 is 0 Å². The molecule has 1 fully saturated rings. The van der Waals surface area contributed by atoms with Crippen LogP contribution in [0.2, 0.25) is 0 Å². The minimum atomic E-state index is -0.305. The van der Waals surface area contributed by atoms with Gasteiger partial charge in [0.1, 0.15) is 5.69 Å². The Balaban J connectivity index is 0.00000306. The lowest BCUT2D eigenvalue weighted by atomic mass is 9.87. The molecule has 0 bridgehead atoms. The molecule has 1 saturated carbocycles. The van der Waals surface area contributed by atoms with Gasteiger partial charge in [-0.1, -0.05) is 37.3 Å². The molecule has 0 saturated heterocycles. The number of aryl methyl sites for hydroxylation is 1. The molecule has 32 heavy (non-hydrogen) atoms. The van der Waals surface area contributed by atoms with E-state index in [1.807, 2.05) is 42.5 Å². The number of hydrogen-bond donors (Lipinski definition) is 2. The molecule has 2 amide bonds. The van der Waals surface area contributed by atoms with Crippen LogP contribution in [0.4, 0.5) is 5.69 Å². The van der Waals surface area contributed by atoms with Crippen molar-refractivity contribution in [3.63, 3.8) is 0 Å². The number of para-hydroxylation sites is 1. The van der Waals surface area contributed by atoms with Crippen LogP contribution in [0.3, 0.4) is 0 Å². The van der Waals surface area contributed by atoms with Gasteiger partial charge in [0.2, 0.25) is 0 Å². The largest absolute Gasteiger partial charge is 0.349 e. The van der Waals surface area contributed by atoms with Crippen LogP contribution in [0.15, 0.2) is 60.8 Å².